The van der Waals surface area contributed by atoms with E-state index in [9.17, 15) is 9.59 Å². The van der Waals surface area contributed by atoms with Crippen LogP contribution in [0, 0.1) is 0 Å². The van der Waals surface area contributed by atoms with Gasteiger partial charge >= 0.3 is 0 Å². The molecule has 1 aliphatic heterocycles. The Morgan fingerprint density at radius 3 is 2.18 bits per heavy atom. The van der Waals surface area contributed by atoms with Gasteiger partial charge < -0.3 is 19.5 Å². The molecule has 0 saturated carbocycles. The Morgan fingerprint density at radius 1 is 0.824 bits per heavy atom. The van der Waals surface area contributed by atoms with E-state index in [0.717, 1.165) is 5.56 Å². The Bertz CT molecular complexity index is 1220. The molecule has 0 atom stereocenters. The van der Waals surface area contributed by atoms with Crippen LogP contribution in [0.4, 0.5) is 5.69 Å². The van der Waals surface area contributed by atoms with Crippen LogP contribution in [-0.2, 0) is 16.1 Å². The monoisotopic (exact) mass is 458 g/mol. The Labute approximate surface area is 198 Å². The van der Waals surface area contributed by atoms with E-state index in [1.807, 2.05) is 37.3 Å². The van der Waals surface area contributed by atoms with Gasteiger partial charge in [0.1, 0.15) is 22.9 Å². The summed E-state index contributed by atoms with van der Waals surface area (Å²) in [6.45, 7) is 2.61. The lowest BCUT2D eigenvalue weighted by Crippen LogP contribution is -2.32. The molecule has 0 radical (unpaired) electrons. The summed E-state index contributed by atoms with van der Waals surface area (Å²) in [5.74, 6) is 1.02. The standard InChI is InChI=1S/C27H26N2O5/c1-4-34-20-12-10-19(11-13-20)24-25(28-22-15-14-21(32-2)16-23(22)33-3)27(31)29(26(24)30)17-18-8-6-5-7-9-18/h5-16,28H,4,17H2,1-3H3. The van der Waals surface area contributed by atoms with Gasteiger partial charge in [-0.05, 0) is 42.3 Å². The third kappa shape index (κ3) is 4.59. The van der Waals surface area contributed by atoms with Crippen LogP contribution in [0.2, 0.25) is 0 Å². The third-order valence-electron chi connectivity index (χ3n) is 5.47. The van der Waals surface area contributed by atoms with Crippen molar-refractivity contribution in [3.8, 4) is 17.2 Å². The van der Waals surface area contributed by atoms with Gasteiger partial charge in [0.05, 0.1) is 38.6 Å². The van der Waals surface area contributed by atoms with Gasteiger partial charge in [-0.15, -0.1) is 0 Å². The SMILES string of the molecule is CCOc1ccc(C2=C(Nc3ccc(OC)cc3OC)C(=O)N(Cc3ccccc3)C2=O)cc1. The van der Waals surface area contributed by atoms with Crippen LogP contribution in [-0.4, -0.2) is 37.5 Å². The van der Waals surface area contributed by atoms with Crippen molar-refractivity contribution >= 4 is 23.1 Å². The number of carbonyl (C=O) groups is 2. The average Bonchev–Trinajstić information content (AvgIpc) is 3.09. The molecule has 3 aromatic carbocycles. The molecule has 0 aliphatic carbocycles. The first-order valence-corrected chi connectivity index (χ1v) is 10.9. The summed E-state index contributed by atoms with van der Waals surface area (Å²) in [7, 11) is 3.10. The summed E-state index contributed by atoms with van der Waals surface area (Å²) >= 11 is 0. The molecule has 0 aromatic heterocycles. The number of nitrogens with zero attached hydrogens (tertiary/aromatic N) is 1. The highest BCUT2D eigenvalue weighted by atomic mass is 16.5. The van der Waals surface area contributed by atoms with Gasteiger partial charge in [0, 0.05) is 6.07 Å². The molecule has 7 nitrogen and oxygen atoms in total. The quantitative estimate of drug-likeness (QED) is 0.476. The van der Waals surface area contributed by atoms with Crippen LogP contribution in [0.3, 0.4) is 0 Å². The number of methoxy groups -OCH3 is 2. The van der Waals surface area contributed by atoms with Crippen LogP contribution < -0.4 is 19.5 Å². The van der Waals surface area contributed by atoms with Crippen LogP contribution in [0.15, 0.2) is 78.5 Å². The lowest BCUT2D eigenvalue weighted by Gasteiger charge is -2.16. The van der Waals surface area contributed by atoms with Crippen LogP contribution in [0.25, 0.3) is 5.57 Å². The lowest BCUT2D eigenvalue weighted by atomic mass is 10.0. The molecule has 1 aliphatic rings. The number of imide groups is 1. The Kier molecular flexibility index (Phi) is 6.82. The topological polar surface area (TPSA) is 77.1 Å². The van der Waals surface area contributed by atoms with Crippen LogP contribution >= 0.6 is 0 Å². The molecule has 0 spiro atoms. The number of ether oxygens (including phenoxy) is 3. The van der Waals surface area contributed by atoms with Gasteiger partial charge in [0.2, 0.25) is 0 Å². The van der Waals surface area contributed by atoms with Crippen molar-refractivity contribution in [2.45, 2.75) is 13.5 Å². The Hall–Kier alpha value is -4.26. The van der Waals surface area contributed by atoms with Crippen molar-refractivity contribution in [2.24, 2.45) is 0 Å². The summed E-state index contributed by atoms with van der Waals surface area (Å²) in [5.41, 5.74) is 2.51. The number of rotatable bonds is 9. The molecule has 1 N–H and O–H groups in total. The fourth-order valence-corrected chi connectivity index (χ4v) is 3.79. The van der Waals surface area contributed by atoms with Gasteiger partial charge in [-0.25, -0.2) is 0 Å². The summed E-state index contributed by atoms with van der Waals surface area (Å²) in [5, 5.41) is 3.15. The lowest BCUT2D eigenvalue weighted by molar-refractivity contribution is -0.137. The maximum absolute atomic E-state index is 13.5. The summed E-state index contributed by atoms with van der Waals surface area (Å²) in [6.07, 6.45) is 0. The Morgan fingerprint density at radius 2 is 1.53 bits per heavy atom. The zero-order chi connectivity index (χ0) is 24.1. The molecule has 3 aromatic rings. The number of nitrogens with one attached hydrogen (secondary N) is 1. The zero-order valence-corrected chi connectivity index (χ0v) is 19.3. The summed E-state index contributed by atoms with van der Waals surface area (Å²) in [6, 6.07) is 21.8. The fourth-order valence-electron chi connectivity index (χ4n) is 3.79. The van der Waals surface area contributed by atoms with E-state index in [4.69, 9.17) is 14.2 Å². The molecule has 2 amide bonds. The first-order chi connectivity index (χ1) is 16.5. The second kappa shape index (κ2) is 10.1. The zero-order valence-electron chi connectivity index (χ0n) is 19.3. The molecule has 34 heavy (non-hydrogen) atoms. The molecule has 0 fully saturated rings. The number of amides is 2. The van der Waals surface area contributed by atoms with Crippen molar-refractivity contribution < 1.29 is 23.8 Å². The van der Waals surface area contributed by atoms with E-state index in [0.29, 0.717) is 40.7 Å². The highest BCUT2D eigenvalue weighted by molar-refractivity contribution is 6.36. The molecule has 174 valence electrons. The maximum Gasteiger partial charge on any atom is 0.278 e. The van der Waals surface area contributed by atoms with E-state index in [1.54, 1.807) is 49.6 Å². The minimum Gasteiger partial charge on any atom is -0.497 e. The van der Waals surface area contributed by atoms with Crippen molar-refractivity contribution in [3.05, 3.63) is 89.6 Å². The predicted octanol–water partition coefficient (Wildman–Crippen LogP) is 4.49. The van der Waals surface area contributed by atoms with Crippen molar-refractivity contribution in [1.29, 1.82) is 0 Å². The maximum atomic E-state index is 13.5. The van der Waals surface area contributed by atoms with Gasteiger partial charge in [0.25, 0.3) is 11.8 Å². The normalized spacial score (nSPS) is 13.3. The van der Waals surface area contributed by atoms with E-state index in [2.05, 4.69) is 5.32 Å². The van der Waals surface area contributed by atoms with Gasteiger partial charge in [-0.3, -0.25) is 14.5 Å². The molecular formula is C27H26N2O5. The number of hydrogen-bond acceptors (Lipinski definition) is 6. The number of benzene rings is 3. The molecule has 0 unspecified atom stereocenters. The number of anilines is 1. The van der Waals surface area contributed by atoms with Crippen molar-refractivity contribution in [2.75, 3.05) is 26.1 Å². The molecular weight excluding hydrogens is 432 g/mol. The molecule has 1 heterocycles. The number of carbonyl (C=O) groups excluding carboxylic acids is 2. The predicted molar refractivity (Wildman–Crippen MR) is 130 cm³/mol. The molecule has 4 rings (SSSR count). The minimum atomic E-state index is -0.407. The summed E-state index contributed by atoms with van der Waals surface area (Å²) < 4.78 is 16.3. The third-order valence-corrected chi connectivity index (χ3v) is 5.47. The van der Waals surface area contributed by atoms with E-state index < -0.39 is 5.91 Å². The molecule has 7 heteroatoms. The second-order valence-corrected chi connectivity index (χ2v) is 7.58. The van der Waals surface area contributed by atoms with E-state index in [-0.39, 0.29) is 18.1 Å². The number of hydrogen-bond donors (Lipinski definition) is 1. The summed E-state index contributed by atoms with van der Waals surface area (Å²) in [4.78, 5) is 28.3. The van der Waals surface area contributed by atoms with Crippen molar-refractivity contribution in [1.82, 2.24) is 4.90 Å². The van der Waals surface area contributed by atoms with Gasteiger partial charge in [0.15, 0.2) is 0 Å². The van der Waals surface area contributed by atoms with Gasteiger partial charge in [-0.2, -0.15) is 0 Å². The first kappa shape index (κ1) is 22.9. The smallest absolute Gasteiger partial charge is 0.278 e. The van der Waals surface area contributed by atoms with E-state index >= 15 is 0 Å². The van der Waals surface area contributed by atoms with E-state index in [1.165, 1.54) is 12.0 Å². The highest BCUT2D eigenvalue weighted by Crippen LogP contribution is 2.36. The fraction of sp³-hybridized carbons (Fsp3) is 0.185. The minimum absolute atomic E-state index is 0.171. The first-order valence-electron chi connectivity index (χ1n) is 10.9. The average molecular weight is 459 g/mol. The second-order valence-electron chi connectivity index (χ2n) is 7.58. The van der Waals surface area contributed by atoms with Crippen molar-refractivity contribution in [3.63, 3.8) is 0 Å². The Balaban J connectivity index is 1.75. The largest absolute Gasteiger partial charge is 0.497 e. The molecule has 0 saturated heterocycles. The molecule has 0 bridgehead atoms. The van der Waals surface area contributed by atoms with Gasteiger partial charge in [-0.1, -0.05) is 42.5 Å². The van der Waals surface area contributed by atoms with Crippen LogP contribution in [0.5, 0.6) is 17.2 Å². The van der Waals surface area contributed by atoms with Crippen LogP contribution in [0.1, 0.15) is 18.1 Å². The highest BCUT2D eigenvalue weighted by Gasteiger charge is 2.39.